The molecular weight excluding hydrogens is 480 g/mol. The molecule has 0 spiro atoms. The summed E-state index contributed by atoms with van der Waals surface area (Å²) in [6.45, 7) is 27.5. The number of allylic oxidation sites excluding steroid dienone is 1. The van der Waals surface area contributed by atoms with E-state index in [1.807, 2.05) is 52.0 Å². The number of hydrogen-bond donors (Lipinski definition) is 1. The largest absolute Gasteiger partial charge is 0.463 e. The molecule has 1 aromatic carbocycles. The molecule has 37 heavy (non-hydrogen) atoms. The lowest BCUT2D eigenvalue weighted by Gasteiger charge is -2.50. The summed E-state index contributed by atoms with van der Waals surface area (Å²) in [5, 5.41) is 11.4. The molecule has 0 saturated carbocycles. The van der Waals surface area contributed by atoms with Gasteiger partial charge in [-0.1, -0.05) is 84.9 Å². The van der Waals surface area contributed by atoms with Crippen LogP contribution in [0, 0.1) is 17.3 Å². The van der Waals surface area contributed by atoms with Crippen molar-refractivity contribution in [1.82, 2.24) is 0 Å². The van der Waals surface area contributed by atoms with Crippen molar-refractivity contribution in [3.8, 4) is 0 Å². The number of carbonyl (C=O) groups is 1. The first-order chi connectivity index (χ1) is 16.9. The Labute approximate surface area is 228 Å². The minimum Gasteiger partial charge on any atom is -0.463 e. The predicted molar refractivity (Wildman–Crippen MR) is 156 cm³/mol. The van der Waals surface area contributed by atoms with Gasteiger partial charge < -0.3 is 19.0 Å². The lowest BCUT2D eigenvalue weighted by Crippen LogP contribution is -2.56. The zero-order valence-electron chi connectivity index (χ0n) is 25.3. The second-order valence-electron chi connectivity index (χ2n) is 13.0. The van der Waals surface area contributed by atoms with Gasteiger partial charge in [-0.15, -0.1) is 6.58 Å². The number of rotatable bonds is 15. The first kappa shape index (κ1) is 33.6. The molecule has 0 heterocycles. The molecule has 1 N–H and O–H groups in total. The highest BCUT2D eigenvalue weighted by Crippen LogP contribution is 2.44. The lowest BCUT2D eigenvalue weighted by molar-refractivity contribution is -0.156. The van der Waals surface area contributed by atoms with Gasteiger partial charge in [0.05, 0.1) is 37.4 Å². The van der Waals surface area contributed by atoms with E-state index in [1.165, 1.54) is 0 Å². The highest BCUT2D eigenvalue weighted by atomic mass is 28.4. The third kappa shape index (κ3) is 9.97. The van der Waals surface area contributed by atoms with E-state index >= 15 is 0 Å². The molecule has 212 valence electrons. The van der Waals surface area contributed by atoms with Gasteiger partial charge in [-0.2, -0.15) is 0 Å². The van der Waals surface area contributed by atoms with Crippen LogP contribution in [0.3, 0.4) is 0 Å². The lowest BCUT2D eigenvalue weighted by atomic mass is 9.71. The molecule has 5 nitrogen and oxygen atoms in total. The third-order valence-corrected chi connectivity index (χ3v) is 12.4. The maximum Gasteiger partial charge on any atom is 0.308 e. The molecule has 1 rings (SSSR count). The third-order valence-electron chi connectivity index (χ3n) is 7.93. The Morgan fingerprint density at radius 2 is 1.62 bits per heavy atom. The van der Waals surface area contributed by atoms with E-state index in [0.29, 0.717) is 6.61 Å². The van der Waals surface area contributed by atoms with Gasteiger partial charge in [0.15, 0.2) is 8.32 Å². The number of benzene rings is 1. The molecule has 0 aliphatic rings. The minimum absolute atomic E-state index is 0.0182. The maximum atomic E-state index is 12.5. The summed E-state index contributed by atoms with van der Waals surface area (Å²) in [6.07, 6.45) is 1.03. The minimum atomic E-state index is -2.24. The van der Waals surface area contributed by atoms with Gasteiger partial charge in [-0.05, 0) is 49.9 Å². The van der Waals surface area contributed by atoms with Crippen LogP contribution in [-0.2, 0) is 25.3 Å². The fraction of sp³-hybridized carbons (Fsp3) is 0.710. The molecule has 0 aromatic heterocycles. The fourth-order valence-corrected chi connectivity index (χ4v) is 6.03. The smallest absolute Gasteiger partial charge is 0.308 e. The number of hydrogen-bond acceptors (Lipinski definition) is 5. The van der Waals surface area contributed by atoms with Gasteiger partial charge in [0.1, 0.15) is 0 Å². The molecule has 5 atom stereocenters. The van der Waals surface area contributed by atoms with E-state index in [0.717, 1.165) is 12.0 Å². The van der Waals surface area contributed by atoms with Gasteiger partial charge in [0.2, 0.25) is 0 Å². The molecule has 0 unspecified atom stereocenters. The van der Waals surface area contributed by atoms with E-state index in [-0.39, 0.29) is 41.6 Å². The summed E-state index contributed by atoms with van der Waals surface area (Å²) in [7, 11) is -2.24. The van der Waals surface area contributed by atoms with Gasteiger partial charge in [-0.3, -0.25) is 4.79 Å². The number of carbonyl (C=O) groups excluding carboxylic acids is 1. The van der Waals surface area contributed by atoms with Crippen LogP contribution in [0.5, 0.6) is 0 Å². The highest BCUT2D eigenvalue weighted by Gasteiger charge is 2.49. The topological polar surface area (TPSA) is 65.0 Å². The normalized spacial score (nSPS) is 17.1. The summed E-state index contributed by atoms with van der Waals surface area (Å²) in [5.74, 6) is -0.259. The van der Waals surface area contributed by atoms with Crippen LogP contribution in [0.4, 0.5) is 0 Å². The Kier molecular flexibility index (Phi) is 12.8. The van der Waals surface area contributed by atoms with Crippen molar-refractivity contribution >= 4 is 14.3 Å². The first-order valence-electron chi connectivity index (χ1n) is 13.8. The average molecular weight is 535 g/mol. The van der Waals surface area contributed by atoms with Gasteiger partial charge in [-0.25, -0.2) is 0 Å². The standard InChI is InChI=1S/C31H54O5Si/c1-13-17-23(4)28(34-21-25-18-15-14-16-19-25)24(5)29(36-37(11,12)30(6,7)8)31(9,10)26(32)20-27(33)35-22(2)3/h13-16,18-19,22-24,26,28-29,32H,1,17,20-21H2,2-12H3/t23-,24+,26-,28-,29+/m0/s1. The van der Waals surface area contributed by atoms with Crippen LogP contribution in [0.1, 0.15) is 80.7 Å². The molecular formula is C31H54O5Si. The van der Waals surface area contributed by atoms with Crippen molar-refractivity contribution in [2.75, 3.05) is 0 Å². The number of ether oxygens (including phenoxy) is 2. The van der Waals surface area contributed by atoms with Crippen molar-refractivity contribution in [2.24, 2.45) is 17.3 Å². The molecule has 0 aliphatic heterocycles. The first-order valence-corrected chi connectivity index (χ1v) is 16.7. The molecule has 0 bridgehead atoms. The van der Waals surface area contributed by atoms with Crippen molar-refractivity contribution < 1.29 is 23.8 Å². The van der Waals surface area contributed by atoms with Crippen molar-refractivity contribution in [3.05, 3.63) is 48.6 Å². The Balaban J connectivity index is 3.41. The predicted octanol–water partition coefficient (Wildman–Crippen LogP) is 7.54. The van der Waals surface area contributed by atoms with Crippen LogP contribution in [0.15, 0.2) is 43.0 Å². The summed E-state index contributed by atoms with van der Waals surface area (Å²) < 4.78 is 19.1. The zero-order chi connectivity index (χ0) is 28.6. The summed E-state index contributed by atoms with van der Waals surface area (Å²) in [5.41, 5.74) is 0.385. The maximum absolute atomic E-state index is 12.5. The number of esters is 1. The summed E-state index contributed by atoms with van der Waals surface area (Å²) >= 11 is 0. The van der Waals surface area contributed by atoms with E-state index in [4.69, 9.17) is 13.9 Å². The molecule has 6 heteroatoms. The highest BCUT2D eigenvalue weighted by molar-refractivity contribution is 6.74. The Morgan fingerprint density at radius 3 is 2.11 bits per heavy atom. The molecule has 1 aromatic rings. The van der Waals surface area contributed by atoms with Gasteiger partial charge in [0, 0.05) is 11.3 Å². The van der Waals surface area contributed by atoms with Crippen LogP contribution in [-0.4, -0.2) is 43.8 Å². The summed E-state index contributed by atoms with van der Waals surface area (Å²) in [6, 6.07) is 10.2. The van der Waals surface area contributed by atoms with Crippen LogP contribution < -0.4 is 0 Å². The Hall–Kier alpha value is -1.47. The molecule has 0 aliphatic carbocycles. The quantitative estimate of drug-likeness (QED) is 0.143. The Bertz CT molecular complexity index is 828. The van der Waals surface area contributed by atoms with Crippen LogP contribution in [0.2, 0.25) is 18.1 Å². The average Bonchev–Trinajstić information content (AvgIpc) is 2.76. The monoisotopic (exact) mass is 534 g/mol. The van der Waals surface area contributed by atoms with Crippen molar-refractivity contribution in [2.45, 2.75) is 124 Å². The van der Waals surface area contributed by atoms with E-state index < -0.39 is 25.8 Å². The molecule has 0 radical (unpaired) electrons. The number of aliphatic hydroxyl groups is 1. The number of aliphatic hydroxyl groups excluding tert-OH is 1. The van der Waals surface area contributed by atoms with Crippen LogP contribution >= 0.6 is 0 Å². The molecule has 0 saturated heterocycles. The second kappa shape index (κ2) is 14.1. The zero-order valence-corrected chi connectivity index (χ0v) is 26.3. The van der Waals surface area contributed by atoms with E-state index in [2.05, 4.69) is 66.4 Å². The summed E-state index contributed by atoms with van der Waals surface area (Å²) in [4.78, 5) is 12.5. The molecule has 0 amide bonds. The van der Waals surface area contributed by atoms with Crippen molar-refractivity contribution in [3.63, 3.8) is 0 Å². The second-order valence-corrected chi connectivity index (χ2v) is 17.8. The van der Waals surface area contributed by atoms with Gasteiger partial charge in [0.25, 0.3) is 0 Å². The molecule has 0 fully saturated rings. The van der Waals surface area contributed by atoms with Crippen LogP contribution in [0.25, 0.3) is 0 Å². The fourth-order valence-electron chi connectivity index (χ4n) is 4.52. The van der Waals surface area contributed by atoms with Crippen molar-refractivity contribution in [1.29, 1.82) is 0 Å². The van der Waals surface area contributed by atoms with E-state index in [9.17, 15) is 9.90 Å². The Morgan fingerprint density at radius 1 is 1.05 bits per heavy atom. The van der Waals surface area contributed by atoms with Gasteiger partial charge >= 0.3 is 5.97 Å². The van der Waals surface area contributed by atoms with E-state index in [1.54, 1.807) is 0 Å². The SMILES string of the molecule is C=CC[C@H](C)[C@H](OCc1ccccc1)[C@@H](C)[C@@H](O[Si](C)(C)C(C)(C)C)C(C)(C)[C@@H](O)CC(=O)OC(C)C.